The largest absolute Gasteiger partial charge is 0.337 e. The van der Waals surface area contributed by atoms with Gasteiger partial charge < -0.3 is 4.98 Å². The lowest BCUT2D eigenvalue weighted by Gasteiger charge is -2.04. The summed E-state index contributed by atoms with van der Waals surface area (Å²) < 4.78 is 0. The average molecular weight is 273 g/mol. The predicted molar refractivity (Wildman–Crippen MR) is 85.4 cm³/mol. The lowest BCUT2D eigenvalue weighted by atomic mass is 10.0. The number of imidazole rings is 1. The molecule has 1 aromatic heterocycles. The van der Waals surface area contributed by atoms with Crippen LogP contribution in [0, 0.1) is 18.3 Å². The molecule has 1 heterocycles. The number of nitrogens with zero attached hydrogens (tertiary/aromatic N) is 2. The Bertz CT molecular complexity index is 828. The number of aryl methyl sites for hydroxylation is 1. The van der Waals surface area contributed by atoms with Gasteiger partial charge in [-0.25, -0.2) is 4.98 Å². The summed E-state index contributed by atoms with van der Waals surface area (Å²) in [4.78, 5) is 7.73. The van der Waals surface area contributed by atoms with Crippen LogP contribution in [-0.4, -0.2) is 9.97 Å². The maximum absolute atomic E-state index is 9.52. The molecule has 0 atom stereocenters. The third kappa shape index (κ3) is 2.44. The maximum Gasteiger partial charge on any atom is 0.149 e. The van der Waals surface area contributed by atoms with E-state index in [0.29, 0.717) is 11.4 Å². The summed E-state index contributed by atoms with van der Waals surface area (Å²) in [7, 11) is 0. The number of aromatic amines is 1. The van der Waals surface area contributed by atoms with E-state index in [1.54, 1.807) is 0 Å². The number of fused-ring (bicyclic) bond motifs is 1. The van der Waals surface area contributed by atoms with Crippen molar-refractivity contribution < 1.29 is 0 Å². The molecule has 102 valence electrons. The Morgan fingerprint density at radius 1 is 1.10 bits per heavy atom. The molecule has 0 unspecified atom stereocenters. The number of para-hydroxylation sites is 2. The van der Waals surface area contributed by atoms with Gasteiger partial charge in [0.1, 0.15) is 11.9 Å². The fourth-order valence-electron chi connectivity index (χ4n) is 2.33. The second-order valence-corrected chi connectivity index (χ2v) is 5.08. The molecule has 0 aliphatic carbocycles. The summed E-state index contributed by atoms with van der Waals surface area (Å²) in [5.41, 5.74) is 5.56. The molecule has 0 bridgehead atoms. The zero-order chi connectivity index (χ0) is 14.8. The summed E-state index contributed by atoms with van der Waals surface area (Å²) in [5, 5.41) is 9.52. The molecule has 2 aromatic carbocycles. The van der Waals surface area contributed by atoms with Crippen molar-refractivity contribution in [2.24, 2.45) is 0 Å². The number of hydrogen-bond acceptors (Lipinski definition) is 2. The summed E-state index contributed by atoms with van der Waals surface area (Å²) in [6.45, 7) is 4.00. The predicted octanol–water partition coefficient (Wildman–Crippen LogP) is 4.33. The van der Waals surface area contributed by atoms with E-state index in [1.807, 2.05) is 62.4 Å². The Morgan fingerprint density at radius 2 is 1.81 bits per heavy atom. The minimum atomic E-state index is 0.579. The first-order valence-corrected chi connectivity index (χ1v) is 6.82. The van der Waals surface area contributed by atoms with Gasteiger partial charge in [0.05, 0.1) is 16.6 Å². The third-order valence-corrected chi connectivity index (χ3v) is 3.60. The van der Waals surface area contributed by atoms with E-state index in [9.17, 15) is 5.26 Å². The number of nitrogens with one attached hydrogen (secondary N) is 1. The molecule has 0 saturated carbocycles. The van der Waals surface area contributed by atoms with Crippen molar-refractivity contribution in [1.82, 2.24) is 9.97 Å². The molecule has 3 nitrogen and oxygen atoms in total. The normalized spacial score (nSPS) is 12.0. The van der Waals surface area contributed by atoms with Crippen LogP contribution in [0.15, 0.2) is 48.5 Å². The quantitative estimate of drug-likeness (QED) is 0.707. The van der Waals surface area contributed by atoms with E-state index in [-0.39, 0.29) is 0 Å². The number of benzene rings is 2. The Labute approximate surface area is 123 Å². The Balaban J connectivity index is 2.14. The van der Waals surface area contributed by atoms with E-state index in [2.05, 4.69) is 16.0 Å². The Morgan fingerprint density at radius 3 is 2.48 bits per heavy atom. The van der Waals surface area contributed by atoms with Crippen molar-refractivity contribution in [1.29, 1.82) is 5.26 Å². The van der Waals surface area contributed by atoms with E-state index in [0.717, 1.165) is 22.2 Å². The molecule has 0 saturated heterocycles. The van der Waals surface area contributed by atoms with Gasteiger partial charge in [-0.2, -0.15) is 5.26 Å². The SMILES string of the molecule is CC(=C(C#N)c1nc2ccccc2[nH]1)c1ccc(C)cc1. The number of nitriles is 1. The van der Waals surface area contributed by atoms with Gasteiger partial charge in [0.15, 0.2) is 0 Å². The van der Waals surface area contributed by atoms with Crippen LogP contribution in [0.2, 0.25) is 0 Å². The van der Waals surface area contributed by atoms with E-state index >= 15 is 0 Å². The van der Waals surface area contributed by atoms with Crippen LogP contribution in [0.3, 0.4) is 0 Å². The zero-order valence-electron chi connectivity index (χ0n) is 12.0. The highest BCUT2D eigenvalue weighted by Gasteiger charge is 2.11. The maximum atomic E-state index is 9.52. The fourth-order valence-corrected chi connectivity index (χ4v) is 2.33. The first kappa shape index (κ1) is 13.1. The van der Waals surface area contributed by atoms with Crippen LogP contribution < -0.4 is 0 Å². The van der Waals surface area contributed by atoms with Crippen molar-refractivity contribution in [2.45, 2.75) is 13.8 Å². The molecule has 21 heavy (non-hydrogen) atoms. The Kier molecular flexibility index (Phi) is 3.29. The molecule has 0 radical (unpaired) electrons. The van der Waals surface area contributed by atoms with Crippen molar-refractivity contribution in [3.63, 3.8) is 0 Å². The second-order valence-electron chi connectivity index (χ2n) is 5.08. The number of aromatic nitrogens is 2. The first-order chi connectivity index (χ1) is 10.2. The van der Waals surface area contributed by atoms with E-state index < -0.39 is 0 Å². The lowest BCUT2D eigenvalue weighted by molar-refractivity contribution is 1.27. The zero-order valence-corrected chi connectivity index (χ0v) is 12.0. The fraction of sp³-hybridized carbons (Fsp3) is 0.111. The highest BCUT2D eigenvalue weighted by Crippen LogP contribution is 2.25. The minimum Gasteiger partial charge on any atom is -0.337 e. The molecule has 0 amide bonds. The van der Waals surface area contributed by atoms with Gasteiger partial charge in [-0.15, -0.1) is 0 Å². The lowest BCUT2D eigenvalue weighted by Crippen LogP contribution is -1.90. The van der Waals surface area contributed by atoms with Crippen molar-refractivity contribution in [3.8, 4) is 6.07 Å². The average Bonchev–Trinajstić information content (AvgIpc) is 2.92. The van der Waals surface area contributed by atoms with Gasteiger partial charge in [-0.1, -0.05) is 42.0 Å². The van der Waals surface area contributed by atoms with Gasteiger partial charge in [-0.3, -0.25) is 0 Å². The van der Waals surface area contributed by atoms with Crippen LogP contribution in [0.4, 0.5) is 0 Å². The number of hydrogen-bond donors (Lipinski definition) is 1. The van der Waals surface area contributed by atoms with Gasteiger partial charge >= 0.3 is 0 Å². The second kappa shape index (κ2) is 5.26. The smallest absolute Gasteiger partial charge is 0.149 e. The summed E-state index contributed by atoms with van der Waals surface area (Å²) in [6.07, 6.45) is 0. The van der Waals surface area contributed by atoms with Gasteiger partial charge in [0.2, 0.25) is 0 Å². The van der Waals surface area contributed by atoms with Crippen LogP contribution in [-0.2, 0) is 0 Å². The number of H-pyrrole nitrogens is 1. The van der Waals surface area contributed by atoms with Crippen molar-refractivity contribution in [3.05, 3.63) is 65.5 Å². The molecule has 0 fully saturated rings. The van der Waals surface area contributed by atoms with Crippen LogP contribution >= 0.6 is 0 Å². The van der Waals surface area contributed by atoms with Gasteiger partial charge in [0, 0.05) is 0 Å². The molecular formula is C18H15N3. The minimum absolute atomic E-state index is 0.579. The highest BCUT2D eigenvalue weighted by atomic mass is 14.9. The standard InChI is InChI=1S/C18H15N3/c1-12-7-9-14(10-8-12)13(2)15(11-19)18-20-16-5-3-4-6-17(16)21-18/h3-10H,1-2H3,(H,20,21). The summed E-state index contributed by atoms with van der Waals surface area (Å²) in [6, 6.07) is 18.2. The van der Waals surface area contributed by atoms with E-state index in [4.69, 9.17) is 0 Å². The number of allylic oxidation sites excluding steroid dienone is 2. The molecule has 0 spiro atoms. The van der Waals surface area contributed by atoms with Crippen LogP contribution in [0.5, 0.6) is 0 Å². The van der Waals surface area contributed by atoms with Crippen molar-refractivity contribution in [2.75, 3.05) is 0 Å². The topological polar surface area (TPSA) is 52.5 Å². The highest BCUT2D eigenvalue weighted by molar-refractivity contribution is 5.96. The first-order valence-electron chi connectivity index (χ1n) is 6.82. The molecular weight excluding hydrogens is 258 g/mol. The molecule has 3 rings (SSSR count). The molecule has 0 aliphatic heterocycles. The molecule has 1 N–H and O–H groups in total. The summed E-state index contributed by atoms with van der Waals surface area (Å²) in [5.74, 6) is 0.622. The van der Waals surface area contributed by atoms with E-state index in [1.165, 1.54) is 5.56 Å². The van der Waals surface area contributed by atoms with Crippen LogP contribution in [0.1, 0.15) is 23.9 Å². The Hall–Kier alpha value is -2.86. The summed E-state index contributed by atoms with van der Waals surface area (Å²) >= 11 is 0. The third-order valence-electron chi connectivity index (χ3n) is 3.60. The van der Waals surface area contributed by atoms with Crippen molar-refractivity contribution >= 4 is 22.2 Å². The molecule has 3 aromatic rings. The van der Waals surface area contributed by atoms with Gasteiger partial charge in [-0.05, 0) is 37.1 Å². The number of rotatable bonds is 2. The molecule has 3 heteroatoms. The molecule has 0 aliphatic rings. The monoisotopic (exact) mass is 273 g/mol. The van der Waals surface area contributed by atoms with Gasteiger partial charge in [0.25, 0.3) is 0 Å². The van der Waals surface area contributed by atoms with Crippen LogP contribution in [0.25, 0.3) is 22.2 Å².